The van der Waals surface area contributed by atoms with E-state index in [1.807, 2.05) is 0 Å². The van der Waals surface area contributed by atoms with Crippen molar-refractivity contribution >= 4 is 11.8 Å². The fourth-order valence-electron chi connectivity index (χ4n) is 4.02. The second kappa shape index (κ2) is 27.4. The van der Waals surface area contributed by atoms with Crippen LogP contribution in [0.2, 0.25) is 0 Å². The van der Waals surface area contributed by atoms with Gasteiger partial charge in [-0.25, -0.2) is 0 Å². The van der Waals surface area contributed by atoms with Gasteiger partial charge in [-0.1, -0.05) is 149 Å². The maximum absolute atomic E-state index is 2.30. The largest absolute Gasteiger partial charge is 0.162 e. The fraction of sp³-hybridized carbons (Fsp3) is 1.00. The number of unbranched alkanes of at least 4 members (excludes halogenated alkanes) is 21. The van der Waals surface area contributed by atoms with Crippen LogP contribution in [0.5, 0.6) is 0 Å². The summed E-state index contributed by atoms with van der Waals surface area (Å²) in [6, 6.07) is 0. The van der Waals surface area contributed by atoms with E-state index in [0.29, 0.717) is 0 Å². The predicted octanol–water partition coefficient (Wildman–Crippen LogP) is 10.7. The van der Waals surface area contributed by atoms with Crippen molar-refractivity contribution in [2.75, 3.05) is 11.5 Å². The molecule has 28 heavy (non-hydrogen) atoms. The van der Waals surface area contributed by atoms with Crippen molar-refractivity contribution in [2.45, 2.75) is 162 Å². The number of thioether (sulfide) groups is 1. The minimum atomic E-state index is 1.37. The van der Waals surface area contributed by atoms with Crippen LogP contribution in [0.4, 0.5) is 0 Å². The summed E-state index contributed by atoms with van der Waals surface area (Å²) in [5.41, 5.74) is 0. The highest BCUT2D eigenvalue weighted by molar-refractivity contribution is 7.99. The zero-order valence-corrected chi connectivity index (χ0v) is 20.9. The third-order valence-electron chi connectivity index (χ3n) is 6.03. The molecule has 0 N–H and O–H groups in total. The zero-order chi connectivity index (χ0) is 20.4. The van der Waals surface area contributed by atoms with Crippen molar-refractivity contribution in [3.05, 3.63) is 0 Å². The first-order valence-corrected chi connectivity index (χ1v) is 14.6. The van der Waals surface area contributed by atoms with Crippen LogP contribution >= 0.6 is 11.8 Å². The van der Waals surface area contributed by atoms with Gasteiger partial charge in [0, 0.05) is 0 Å². The molecule has 0 heterocycles. The Bertz CT molecular complexity index is 225. The summed E-state index contributed by atoms with van der Waals surface area (Å²) in [5, 5.41) is 0. The molecule has 0 fully saturated rings. The van der Waals surface area contributed by atoms with E-state index in [0.717, 1.165) is 0 Å². The lowest BCUT2D eigenvalue weighted by Crippen LogP contribution is -1.87. The molecule has 0 aromatic rings. The van der Waals surface area contributed by atoms with Crippen molar-refractivity contribution in [3.8, 4) is 0 Å². The van der Waals surface area contributed by atoms with Gasteiger partial charge in [0.1, 0.15) is 0 Å². The molecule has 0 bridgehead atoms. The first kappa shape index (κ1) is 28.4. The molecular weight excluding hydrogens is 356 g/mol. The molecule has 0 atom stereocenters. The first-order valence-electron chi connectivity index (χ1n) is 13.5. The Hall–Kier alpha value is 0.350. The van der Waals surface area contributed by atoms with Gasteiger partial charge in [-0.15, -0.1) is 0 Å². The molecule has 0 aliphatic carbocycles. The Morgan fingerprint density at radius 1 is 0.286 bits per heavy atom. The van der Waals surface area contributed by atoms with Gasteiger partial charge in [0.2, 0.25) is 0 Å². The van der Waals surface area contributed by atoms with Gasteiger partial charge in [0.25, 0.3) is 0 Å². The Balaban J connectivity index is 2.96. The second-order valence-electron chi connectivity index (χ2n) is 9.04. The molecular formula is C27H56S. The lowest BCUT2D eigenvalue weighted by atomic mass is 10.1. The Kier molecular flexibility index (Phi) is 27.7. The molecule has 0 unspecified atom stereocenters. The van der Waals surface area contributed by atoms with Gasteiger partial charge in [-0.05, 0) is 24.3 Å². The van der Waals surface area contributed by atoms with Crippen LogP contribution in [0, 0.1) is 0 Å². The monoisotopic (exact) mass is 412 g/mol. The molecule has 0 nitrogen and oxygen atoms in total. The summed E-state index contributed by atoms with van der Waals surface area (Å²) in [5.74, 6) is 2.82. The summed E-state index contributed by atoms with van der Waals surface area (Å²) >= 11 is 2.21. The molecule has 0 spiro atoms. The van der Waals surface area contributed by atoms with Crippen LogP contribution in [0.15, 0.2) is 0 Å². The summed E-state index contributed by atoms with van der Waals surface area (Å²) in [7, 11) is 0. The normalized spacial score (nSPS) is 11.4. The van der Waals surface area contributed by atoms with Gasteiger partial charge in [-0.2, -0.15) is 11.8 Å². The molecule has 0 saturated carbocycles. The number of hydrogen-bond donors (Lipinski definition) is 0. The smallest absolute Gasteiger partial charge is 0.00675 e. The minimum Gasteiger partial charge on any atom is -0.162 e. The van der Waals surface area contributed by atoms with E-state index in [-0.39, 0.29) is 0 Å². The highest BCUT2D eigenvalue weighted by atomic mass is 32.2. The molecule has 0 rings (SSSR count). The first-order chi connectivity index (χ1) is 13.9. The van der Waals surface area contributed by atoms with Gasteiger partial charge in [0.15, 0.2) is 0 Å². The summed E-state index contributed by atoms with van der Waals surface area (Å²) in [6.45, 7) is 4.61. The molecule has 0 saturated heterocycles. The van der Waals surface area contributed by atoms with Crippen molar-refractivity contribution in [2.24, 2.45) is 0 Å². The maximum atomic E-state index is 2.30. The third-order valence-corrected chi connectivity index (χ3v) is 7.19. The molecule has 170 valence electrons. The average Bonchev–Trinajstić information content (AvgIpc) is 2.71. The maximum Gasteiger partial charge on any atom is -0.00675 e. The fourth-order valence-corrected chi connectivity index (χ4v) is 5.04. The predicted molar refractivity (Wildman–Crippen MR) is 135 cm³/mol. The van der Waals surface area contributed by atoms with Crippen LogP contribution in [-0.4, -0.2) is 11.5 Å². The van der Waals surface area contributed by atoms with Gasteiger partial charge >= 0.3 is 0 Å². The SMILES string of the molecule is CCCCCCCCCCCCCCSCCCCCCCCCCCCC. The Morgan fingerprint density at radius 2 is 0.500 bits per heavy atom. The van der Waals surface area contributed by atoms with Gasteiger partial charge < -0.3 is 0 Å². The number of hydrogen-bond acceptors (Lipinski definition) is 1. The highest BCUT2D eigenvalue weighted by Crippen LogP contribution is 2.15. The van der Waals surface area contributed by atoms with Crippen LogP contribution in [0.25, 0.3) is 0 Å². The molecule has 0 amide bonds. The van der Waals surface area contributed by atoms with Crippen molar-refractivity contribution < 1.29 is 0 Å². The molecule has 0 aliphatic rings. The molecule has 1 heteroatoms. The van der Waals surface area contributed by atoms with Crippen molar-refractivity contribution in [1.82, 2.24) is 0 Å². The molecule has 0 radical (unpaired) electrons. The van der Waals surface area contributed by atoms with E-state index < -0.39 is 0 Å². The van der Waals surface area contributed by atoms with Crippen LogP contribution in [-0.2, 0) is 0 Å². The van der Waals surface area contributed by atoms with E-state index in [9.17, 15) is 0 Å². The Morgan fingerprint density at radius 3 is 0.750 bits per heavy atom. The summed E-state index contributed by atoms with van der Waals surface area (Å²) in [6.07, 6.45) is 33.7. The van der Waals surface area contributed by atoms with Crippen LogP contribution in [0.1, 0.15) is 162 Å². The standard InChI is InChI=1S/C27H56S/c1-3-5-7-9-11-13-15-17-19-21-23-25-27-28-26-24-22-20-18-16-14-12-10-8-6-4-2/h3-27H2,1-2H3. The minimum absolute atomic E-state index is 1.37. The van der Waals surface area contributed by atoms with Gasteiger partial charge in [-0.3, -0.25) is 0 Å². The quantitative estimate of drug-likeness (QED) is 0.134. The second-order valence-corrected chi connectivity index (χ2v) is 10.3. The van der Waals surface area contributed by atoms with E-state index >= 15 is 0 Å². The van der Waals surface area contributed by atoms with E-state index in [1.165, 1.54) is 159 Å². The molecule has 0 aromatic heterocycles. The highest BCUT2D eigenvalue weighted by Gasteiger charge is 1.96. The van der Waals surface area contributed by atoms with Crippen LogP contribution in [0.3, 0.4) is 0 Å². The number of rotatable bonds is 25. The summed E-state index contributed by atoms with van der Waals surface area (Å²) in [4.78, 5) is 0. The van der Waals surface area contributed by atoms with Crippen LogP contribution < -0.4 is 0 Å². The van der Waals surface area contributed by atoms with Crippen molar-refractivity contribution in [3.63, 3.8) is 0 Å². The average molecular weight is 413 g/mol. The van der Waals surface area contributed by atoms with Crippen molar-refractivity contribution in [1.29, 1.82) is 0 Å². The third kappa shape index (κ3) is 26.4. The van der Waals surface area contributed by atoms with Gasteiger partial charge in [0.05, 0.1) is 0 Å². The Labute approximate surface area is 184 Å². The topological polar surface area (TPSA) is 0 Å². The lowest BCUT2D eigenvalue weighted by molar-refractivity contribution is 0.548. The molecule has 0 aliphatic heterocycles. The summed E-state index contributed by atoms with van der Waals surface area (Å²) < 4.78 is 0. The molecule has 0 aromatic carbocycles. The lowest BCUT2D eigenvalue weighted by Gasteiger charge is -2.04. The van der Waals surface area contributed by atoms with E-state index in [1.54, 1.807) is 0 Å². The van der Waals surface area contributed by atoms with E-state index in [4.69, 9.17) is 0 Å². The zero-order valence-electron chi connectivity index (χ0n) is 20.1. The van der Waals surface area contributed by atoms with E-state index in [2.05, 4.69) is 25.6 Å².